The first-order valence-corrected chi connectivity index (χ1v) is 6.33. The predicted octanol–water partition coefficient (Wildman–Crippen LogP) is -0.0609. The third-order valence-electron chi connectivity index (χ3n) is 2.00. The molecule has 0 rings (SSSR count). The third-order valence-corrected chi connectivity index (χ3v) is 2.00. The van der Waals surface area contributed by atoms with Crippen molar-refractivity contribution < 1.29 is 33.4 Å². The van der Waals surface area contributed by atoms with Gasteiger partial charge in [-0.15, -0.1) is 0 Å². The monoisotopic (exact) mass is 303 g/mol. The first-order valence-electron chi connectivity index (χ1n) is 6.33. The van der Waals surface area contributed by atoms with Crippen molar-refractivity contribution in [2.75, 3.05) is 13.2 Å². The van der Waals surface area contributed by atoms with Crippen LogP contribution in [-0.2, 0) is 33.4 Å². The van der Waals surface area contributed by atoms with Crippen molar-refractivity contribution in [1.82, 2.24) is 5.32 Å². The largest absolute Gasteiger partial charge is 0.453 e. The fourth-order valence-electron chi connectivity index (χ4n) is 1.03. The van der Waals surface area contributed by atoms with Gasteiger partial charge >= 0.3 is 23.9 Å². The van der Waals surface area contributed by atoms with Crippen LogP contribution in [0.3, 0.4) is 0 Å². The summed E-state index contributed by atoms with van der Waals surface area (Å²) in [6.45, 7) is 7.23. The fraction of sp³-hybridized carbons (Fsp3) is 0.692. The SMILES string of the molecule is CC(=O)OC(=O)C(C)OC(=O)COC(=O)CNC(C)(C)C. The highest BCUT2D eigenvalue weighted by molar-refractivity contribution is 5.88. The molecular formula is C13H21NO7. The molecule has 0 saturated heterocycles. The van der Waals surface area contributed by atoms with Gasteiger partial charge < -0.3 is 19.5 Å². The van der Waals surface area contributed by atoms with E-state index in [9.17, 15) is 19.2 Å². The van der Waals surface area contributed by atoms with E-state index in [1.807, 2.05) is 20.8 Å². The Hall–Kier alpha value is -1.96. The molecule has 8 heteroatoms. The van der Waals surface area contributed by atoms with E-state index in [4.69, 9.17) is 0 Å². The van der Waals surface area contributed by atoms with E-state index in [2.05, 4.69) is 19.5 Å². The molecule has 1 atom stereocenters. The second kappa shape index (κ2) is 8.35. The number of hydrogen-bond acceptors (Lipinski definition) is 8. The lowest BCUT2D eigenvalue weighted by Crippen LogP contribution is -2.40. The summed E-state index contributed by atoms with van der Waals surface area (Å²) in [5.74, 6) is -3.33. The van der Waals surface area contributed by atoms with Gasteiger partial charge in [-0.1, -0.05) is 0 Å². The third kappa shape index (κ3) is 10.5. The maximum absolute atomic E-state index is 11.3. The van der Waals surface area contributed by atoms with Gasteiger partial charge in [0.2, 0.25) is 0 Å². The smallest absolute Gasteiger partial charge is 0.354 e. The summed E-state index contributed by atoms with van der Waals surface area (Å²) in [5, 5.41) is 2.89. The minimum Gasteiger partial charge on any atom is -0.453 e. The van der Waals surface area contributed by atoms with Crippen LogP contribution in [0.4, 0.5) is 0 Å². The second-order valence-electron chi connectivity index (χ2n) is 5.31. The predicted molar refractivity (Wildman–Crippen MR) is 71.0 cm³/mol. The topological polar surface area (TPSA) is 108 Å². The van der Waals surface area contributed by atoms with Crippen molar-refractivity contribution >= 4 is 23.9 Å². The number of hydrogen-bond donors (Lipinski definition) is 1. The summed E-state index contributed by atoms with van der Waals surface area (Å²) >= 11 is 0. The average molecular weight is 303 g/mol. The van der Waals surface area contributed by atoms with E-state index in [1.54, 1.807) is 0 Å². The van der Waals surface area contributed by atoms with Gasteiger partial charge in [-0.05, 0) is 27.7 Å². The summed E-state index contributed by atoms with van der Waals surface area (Å²) in [6.07, 6.45) is -1.26. The molecule has 21 heavy (non-hydrogen) atoms. The Morgan fingerprint density at radius 3 is 2.14 bits per heavy atom. The van der Waals surface area contributed by atoms with Gasteiger partial charge in [-0.3, -0.25) is 9.59 Å². The quantitative estimate of drug-likeness (QED) is 0.413. The van der Waals surface area contributed by atoms with Crippen LogP contribution in [0, 0.1) is 0 Å². The van der Waals surface area contributed by atoms with Crippen LogP contribution >= 0.6 is 0 Å². The molecule has 1 unspecified atom stereocenters. The molecule has 0 spiro atoms. The maximum Gasteiger partial charge on any atom is 0.354 e. The molecule has 1 N–H and O–H groups in total. The van der Waals surface area contributed by atoms with Crippen molar-refractivity contribution in [2.24, 2.45) is 0 Å². The van der Waals surface area contributed by atoms with Crippen molar-refractivity contribution in [3.05, 3.63) is 0 Å². The van der Waals surface area contributed by atoms with E-state index < -0.39 is 36.6 Å². The Balaban J connectivity index is 4.02. The summed E-state index contributed by atoms with van der Waals surface area (Å²) < 4.78 is 13.6. The highest BCUT2D eigenvalue weighted by atomic mass is 16.6. The maximum atomic E-state index is 11.3. The molecule has 0 fully saturated rings. The summed E-state index contributed by atoms with van der Waals surface area (Å²) in [4.78, 5) is 44.4. The van der Waals surface area contributed by atoms with E-state index in [0.717, 1.165) is 6.92 Å². The van der Waals surface area contributed by atoms with Crippen molar-refractivity contribution in [3.8, 4) is 0 Å². The van der Waals surface area contributed by atoms with E-state index >= 15 is 0 Å². The lowest BCUT2D eigenvalue weighted by molar-refractivity contribution is -0.174. The second-order valence-corrected chi connectivity index (χ2v) is 5.31. The molecule has 0 aromatic heterocycles. The molecule has 0 aromatic rings. The number of carbonyl (C=O) groups excluding carboxylic acids is 4. The minimum absolute atomic E-state index is 0.0568. The molecular weight excluding hydrogens is 282 g/mol. The van der Waals surface area contributed by atoms with Crippen LogP contribution in [0.5, 0.6) is 0 Å². The van der Waals surface area contributed by atoms with Crippen molar-refractivity contribution in [2.45, 2.75) is 46.3 Å². The van der Waals surface area contributed by atoms with Gasteiger partial charge in [0.15, 0.2) is 12.7 Å². The molecule has 0 heterocycles. The normalized spacial score (nSPS) is 12.2. The number of carbonyl (C=O) groups is 4. The zero-order chi connectivity index (χ0) is 16.6. The minimum atomic E-state index is -1.26. The molecule has 0 aromatic carbocycles. The molecule has 0 bridgehead atoms. The number of ether oxygens (including phenoxy) is 3. The standard InChI is InChI=1S/C13H21NO7/c1-8(12(18)21-9(2)15)20-11(17)7-19-10(16)6-14-13(3,4)5/h8,14H,6-7H2,1-5H3. The van der Waals surface area contributed by atoms with E-state index in [-0.39, 0.29) is 12.1 Å². The number of rotatable bonds is 6. The molecule has 0 aliphatic carbocycles. The Kier molecular flexibility index (Phi) is 7.57. The van der Waals surface area contributed by atoms with E-state index in [1.165, 1.54) is 6.92 Å². The Bertz CT molecular complexity index is 411. The number of nitrogens with one attached hydrogen (secondary N) is 1. The summed E-state index contributed by atoms with van der Waals surface area (Å²) in [5.41, 5.74) is -0.259. The van der Waals surface area contributed by atoms with Crippen LogP contribution in [0.1, 0.15) is 34.6 Å². The lowest BCUT2D eigenvalue weighted by Gasteiger charge is -2.19. The number of esters is 4. The van der Waals surface area contributed by atoms with Crippen LogP contribution < -0.4 is 5.32 Å². The molecule has 0 saturated carbocycles. The fourth-order valence-corrected chi connectivity index (χ4v) is 1.03. The Morgan fingerprint density at radius 2 is 1.67 bits per heavy atom. The van der Waals surface area contributed by atoms with Crippen LogP contribution in [0.25, 0.3) is 0 Å². The van der Waals surface area contributed by atoms with Gasteiger partial charge in [0.05, 0.1) is 6.54 Å². The zero-order valence-corrected chi connectivity index (χ0v) is 12.8. The van der Waals surface area contributed by atoms with Crippen LogP contribution in [-0.4, -0.2) is 48.7 Å². The average Bonchev–Trinajstić information content (AvgIpc) is 2.32. The zero-order valence-electron chi connectivity index (χ0n) is 12.8. The molecule has 120 valence electrons. The summed E-state index contributed by atoms with van der Waals surface area (Å²) in [7, 11) is 0. The lowest BCUT2D eigenvalue weighted by atomic mass is 10.1. The Labute approximate surface area is 123 Å². The molecule has 0 aliphatic rings. The van der Waals surface area contributed by atoms with Crippen LogP contribution in [0.15, 0.2) is 0 Å². The molecule has 0 aliphatic heterocycles. The van der Waals surface area contributed by atoms with Gasteiger partial charge in [0.1, 0.15) is 0 Å². The van der Waals surface area contributed by atoms with E-state index in [0.29, 0.717) is 0 Å². The summed E-state index contributed by atoms with van der Waals surface area (Å²) in [6, 6.07) is 0. The van der Waals surface area contributed by atoms with Crippen LogP contribution in [0.2, 0.25) is 0 Å². The molecule has 0 amide bonds. The van der Waals surface area contributed by atoms with Gasteiger partial charge in [-0.2, -0.15) is 0 Å². The highest BCUT2D eigenvalue weighted by Crippen LogP contribution is 1.99. The van der Waals surface area contributed by atoms with Gasteiger partial charge in [-0.25, -0.2) is 9.59 Å². The Morgan fingerprint density at radius 1 is 1.10 bits per heavy atom. The first kappa shape index (κ1) is 19.0. The van der Waals surface area contributed by atoms with Gasteiger partial charge in [0, 0.05) is 12.5 Å². The molecule has 8 nitrogen and oxygen atoms in total. The van der Waals surface area contributed by atoms with Gasteiger partial charge in [0.25, 0.3) is 0 Å². The highest BCUT2D eigenvalue weighted by Gasteiger charge is 2.21. The van der Waals surface area contributed by atoms with Crippen molar-refractivity contribution in [1.29, 1.82) is 0 Å². The molecule has 0 radical (unpaired) electrons. The van der Waals surface area contributed by atoms with Crippen molar-refractivity contribution in [3.63, 3.8) is 0 Å². The first-order chi connectivity index (χ1) is 9.51.